The van der Waals surface area contributed by atoms with E-state index in [1.165, 1.54) is 12.3 Å². The van der Waals surface area contributed by atoms with E-state index in [0.29, 0.717) is 16.1 Å². The first kappa shape index (κ1) is 12.0. The summed E-state index contributed by atoms with van der Waals surface area (Å²) in [7, 11) is 0. The molecule has 1 aromatic heterocycles. The van der Waals surface area contributed by atoms with E-state index in [9.17, 15) is 4.39 Å². The second-order valence-corrected chi connectivity index (χ2v) is 4.40. The second kappa shape index (κ2) is 4.81. The number of benzene rings is 1. The van der Waals surface area contributed by atoms with Gasteiger partial charge in [-0.05, 0) is 18.2 Å². The topological polar surface area (TPSA) is 43.8 Å². The molecule has 0 amide bonds. The van der Waals surface area contributed by atoms with Crippen molar-refractivity contribution in [3.05, 3.63) is 52.6 Å². The molecule has 0 saturated heterocycles. The maximum atomic E-state index is 13.6. The van der Waals surface area contributed by atoms with Crippen LogP contribution in [-0.2, 0) is 6.54 Å². The average Bonchev–Trinajstić information content (AvgIpc) is 2.67. The van der Waals surface area contributed by atoms with Gasteiger partial charge in [0.2, 0.25) is 0 Å². The van der Waals surface area contributed by atoms with E-state index in [1.807, 2.05) is 0 Å². The molecule has 6 heteroatoms. The van der Waals surface area contributed by atoms with Crippen LogP contribution in [0.4, 0.5) is 4.39 Å². The first-order chi connectivity index (χ1) is 8.06. The van der Waals surface area contributed by atoms with E-state index in [0.717, 1.165) is 0 Å². The molecule has 2 aromatic rings. The third-order valence-corrected chi connectivity index (χ3v) is 2.70. The molecule has 0 bridgehead atoms. The highest BCUT2D eigenvalue weighted by Gasteiger charge is 2.06. The Kier molecular flexibility index (Phi) is 3.40. The summed E-state index contributed by atoms with van der Waals surface area (Å²) in [6.45, 7) is 0.287. The van der Waals surface area contributed by atoms with Gasteiger partial charge in [0.25, 0.3) is 0 Å². The van der Waals surface area contributed by atoms with Gasteiger partial charge in [-0.15, -0.1) is 0 Å². The Morgan fingerprint density at radius 3 is 2.88 bits per heavy atom. The summed E-state index contributed by atoms with van der Waals surface area (Å²) in [5, 5.41) is 4.49. The largest absolute Gasteiger partial charge is 0.389 e. The first-order valence-electron chi connectivity index (χ1n) is 4.82. The Hall–Kier alpha value is -1.46. The molecule has 2 rings (SSSR count). The molecule has 3 nitrogen and oxygen atoms in total. The fourth-order valence-corrected chi connectivity index (χ4v) is 1.73. The van der Waals surface area contributed by atoms with Crippen LogP contribution in [0.15, 0.2) is 30.6 Å². The zero-order chi connectivity index (χ0) is 12.4. The molecule has 88 valence electrons. The molecule has 0 atom stereocenters. The van der Waals surface area contributed by atoms with Crippen molar-refractivity contribution in [2.24, 2.45) is 5.73 Å². The van der Waals surface area contributed by atoms with Crippen LogP contribution in [0.5, 0.6) is 0 Å². The lowest BCUT2D eigenvalue weighted by Crippen LogP contribution is -2.11. The summed E-state index contributed by atoms with van der Waals surface area (Å²) in [6.07, 6.45) is 3.12. The van der Waals surface area contributed by atoms with Gasteiger partial charge in [0, 0.05) is 17.3 Å². The van der Waals surface area contributed by atoms with E-state index in [1.54, 1.807) is 23.0 Å². The molecule has 0 fully saturated rings. The van der Waals surface area contributed by atoms with Gasteiger partial charge >= 0.3 is 0 Å². The average molecular weight is 270 g/mol. The van der Waals surface area contributed by atoms with Crippen molar-refractivity contribution in [1.29, 1.82) is 0 Å². The molecule has 0 spiro atoms. The summed E-state index contributed by atoms with van der Waals surface area (Å²) in [5.74, 6) is -0.323. The number of hydrogen-bond acceptors (Lipinski definition) is 2. The highest BCUT2D eigenvalue weighted by Crippen LogP contribution is 2.13. The molecule has 2 N–H and O–H groups in total. The number of rotatable bonds is 3. The number of nitrogens with zero attached hydrogens (tertiary/aromatic N) is 2. The predicted molar refractivity (Wildman–Crippen MR) is 68.6 cm³/mol. The summed E-state index contributed by atoms with van der Waals surface area (Å²) in [4.78, 5) is 0.241. The first-order valence-corrected chi connectivity index (χ1v) is 5.61. The molecule has 1 heterocycles. The van der Waals surface area contributed by atoms with Crippen LogP contribution in [0.2, 0.25) is 5.02 Å². The lowest BCUT2D eigenvalue weighted by Gasteiger charge is -2.06. The number of hydrogen-bond donors (Lipinski definition) is 1. The highest BCUT2D eigenvalue weighted by atomic mass is 35.5. The highest BCUT2D eigenvalue weighted by molar-refractivity contribution is 7.80. The normalized spacial score (nSPS) is 10.5. The maximum Gasteiger partial charge on any atom is 0.128 e. The van der Waals surface area contributed by atoms with E-state index in [-0.39, 0.29) is 17.4 Å². The van der Waals surface area contributed by atoms with Crippen LogP contribution in [-0.4, -0.2) is 14.8 Å². The summed E-state index contributed by atoms with van der Waals surface area (Å²) < 4.78 is 15.1. The van der Waals surface area contributed by atoms with Crippen LogP contribution in [0.25, 0.3) is 0 Å². The van der Waals surface area contributed by atoms with Crippen LogP contribution in [0.3, 0.4) is 0 Å². The van der Waals surface area contributed by atoms with Gasteiger partial charge in [0.05, 0.1) is 17.8 Å². The van der Waals surface area contributed by atoms with Gasteiger partial charge in [0.1, 0.15) is 10.8 Å². The lowest BCUT2D eigenvalue weighted by atomic mass is 10.1. The Morgan fingerprint density at radius 2 is 2.29 bits per heavy atom. The number of thiocarbonyl (C=S) groups is 1. The predicted octanol–water partition coefficient (Wildman–Crippen LogP) is 2.36. The molecular formula is C11H9ClFN3S. The molecule has 0 aliphatic heterocycles. The molecule has 0 saturated carbocycles. The van der Waals surface area contributed by atoms with Crippen molar-refractivity contribution >= 4 is 28.8 Å². The van der Waals surface area contributed by atoms with Crippen molar-refractivity contribution in [3.63, 3.8) is 0 Å². The fraction of sp³-hybridized carbons (Fsp3) is 0.0909. The quantitative estimate of drug-likeness (QED) is 0.870. The van der Waals surface area contributed by atoms with E-state index in [2.05, 4.69) is 5.10 Å². The Labute approximate surface area is 108 Å². The van der Waals surface area contributed by atoms with E-state index in [4.69, 9.17) is 29.6 Å². The SMILES string of the molecule is NC(=S)c1ccc(F)c(Cn2cc(Cl)cn2)c1. The van der Waals surface area contributed by atoms with Crippen molar-refractivity contribution in [2.45, 2.75) is 6.54 Å². The number of nitrogens with two attached hydrogens (primary N) is 1. The summed E-state index contributed by atoms with van der Waals surface area (Å²) in [6, 6.07) is 4.51. The van der Waals surface area contributed by atoms with Gasteiger partial charge in [-0.1, -0.05) is 23.8 Å². The zero-order valence-corrected chi connectivity index (χ0v) is 10.3. The lowest BCUT2D eigenvalue weighted by molar-refractivity contribution is 0.585. The zero-order valence-electron chi connectivity index (χ0n) is 8.73. The Bertz CT molecular complexity index is 568. The maximum absolute atomic E-state index is 13.6. The van der Waals surface area contributed by atoms with Crippen LogP contribution in [0, 0.1) is 5.82 Å². The minimum absolute atomic E-state index is 0.241. The Balaban J connectivity index is 2.31. The van der Waals surface area contributed by atoms with Crippen LogP contribution >= 0.6 is 23.8 Å². The second-order valence-electron chi connectivity index (χ2n) is 3.53. The standard InChI is InChI=1S/C11H9ClFN3S/c12-9-4-15-16(6-9)5-8-3-7(11(14)17)1-2-10(8)13/h1-4,6H,5H2,(H2,14,17). The van der Waals surface area contributed by atoms with Gasteiger partial charge in [-0.25, -0.2) is 4.39 Å². The van der Waals surface area contributed by atoms with Gasteiger partial charge in [-0.2, -0.15) is 5.10 Å². The molecule has 17 heavy (non-hydrogen) atoms. The summed E-state index contributed by atoms with van der Waals surface area (Å²) in [5.41, 5.74) is 6.60. The fourth-order valence-electron chi connectivity index (χ4n) is 1.45. The van der Waals surface area contributed by atoms with Crippen molar-refractivity contribution in [2.75, 3.05) is 0 Å². The molecular weight excluding hydrogens is 261 g/mol. The van der Waals surface area contributed by atoms with Gasteiger partial charge in [-0.3, -0.25) is 4.68 Å². The molecule has 0 unspecified atom stereocenters. The smallest absolute Gasteiger partial charge is 0.128 e. The number of halogens is 2. The number of aromatic nitrogens is 2. The molecule has 0 aliphatic rings. The third-order valence-electron chi connectivity index (χ3n) is 2.26. The van der Waals surface area contributed by atoms with Crippen molar-refractivity contribution in [3.8, 4) is 0 Å². The van der Waals surface area contributed by atoms with Crippen molar-refractivity contribution < 1.29 is 4.39 Å². The minimum atomic E-state index is -0.323. The van der Waals surface area contributed by atoms with E-state index >= 15 is 0 Å². The van der Waals surface area contributed by atoms with Crippen molar-refractivity contribution in [1.82, 2.24) is 9.78 Å². The summed E-state index contributed by atoms with van der Waals surface area (Å²) >= 11 is 10.6. The van der Waals surface area contributed by atoms with Gasteiger partial charge in [0.15, 0.2) is 0 Å². The van der Waals surface area contributed by atoms with Crippen LogP contribution in [0.1, 0.15) is 11.1 Å². The Morgan fingerprint density at radius 1 is 1.53 bits per heavy atom. The molecule has 0 aliphatic carbocycles. The molecule has 1 aromatic carbocycles. The van der Waals surface area contributed by atoms with Crippen LogP contribution < -0.4 is 5.73 Å². The monoisotopic (exact) mass is 269 g/mol. The third kappa shape index (κ3) is 2.81. The molecule has 0 radical (unpaired) electrons. The van der Waals surface area contributed by atoms with Gasteiger partial charge < -0.3 is 5.73 Å². The van der Waals surface area contributed by atoms with E-state index < -0.39 is 0 Å². The minimum Gasteiger partial charge on any atom is -0.389 e.